The molecule has 3 rings (SSSR count). The van der Waals surface area contributed by atoms with E-state index in [2.05, 4.69) is 17.3 Å². The summed E-state index contributed by atoms with van der Waals surface area (Å²) in [5.74, 6) is 1.94. The van der Waals surface area contributed by atoms with Gasteiger partial charge >= 0.3 is 0 Å². The molecular formula is C19H25N3O4S. The number of anilines is 1. The number of nitrogens with one attached hydrogen (secondary N) is 2. The molecule has 146 valence electrons. The number of nitrogens with zero attached hydrogens (tertiary/aromatic N) is 1. The number of ether oxygens (including phenoxy) is 2. The smallest absolute Gasteiger partial charge is 0.270 e. The molecule has 2 N–H and O–H groups in total. The molecule has 27 heavy (non-hydrogen) atoms. The molecule has 8 heteroatoms. The number of fused-ring (bicyclic) bond motifs is 1. The summed E-state index contributed by atoms with van der Waals surface area (Å²) >= 11 is 1.43. The lowest BCUT2D eigenvalue weighted by Crippen LogP contribution is -2.18. The average molecular weight is 391 g/mol. The van der Waals surface area contributed by atoms with Crippen LogP contribution >= 0.6 is 11.8 Å². The second-order valence-electron chi connectivity index (χ2n) is 6.56. The summed E-state index contributed by atoms with van der Waals surface area (Å²) in [5, 5.41) is 5.55. The first-order chi connectivity index (χ1) is 13.0. The van der Waals surface area contributed by atoms with Gasteiger partial charge in [0.05, 0.1) is 30.8 Å². The molecule has 0 spiro atoms. The molecule has 1 aliphatic heterocycles. The fourth-order valence-corrected chi connectivity index (χ4v) is 4.51. The highest BCUT2D eigenvalue weighted by atomic mass is 32.2. The minimum atomic E-state index is -0.280. The molecular weight excluding hydrogens is 366 g/mol. The number of amides is 1. The number of rotatable bonds is 6. The SMILES string of the molecule is CCC[C@H](C)n1[nH]c(=O)c2c1NC(=O)CS[C@@H]2c1ccc(OC)c(OC)c1. The number of aromatic nitrogens is 2. The summed E-state index contributed by atoms with van der Waals surface area (Å²) in [7, 11) is 3.16. The van der Waals surface area contributed by atoms with Gasteiger partial charge in [-0.25, -0.2) is 0 Å². The molecule has 0 radical (unpaired) electrons. The third kappa shape index (κ3) is 3.71. The number of hydrogen-bond donors (Lipinski definition) is 2. The zero-order chi connectivity index (χ0) is 19.6. The molecule has 1 aromatic carbocycles. The first-order valence-electron chi connectivity index (χ1n) is 8.97. The maximum Gasteiger partial charge on any atom is 0.270 e. The van der Waals surface area contributed by atoms with Crippen LogP contribution in [0.15, 0.2) is 23.0 Å². The Labute approximate surface area is 162 Å². The van der Waals surface area contributed by atoms with E-state index in [0.29, 0.717) is 22.9 Å². The molecule has 7 nitrogen and oxygen atoms in total. The van der Waals surface area contributed by atoms with Gasteiger partial charge in [-0.2, -0.15) is 0 Å². The number of thioether (sulfide) groups is 1. The lowest BCUT2D eigenvalue weighted by Gasteiger charge is -2.18. The van der Waals surface area contributed by atoms with Crippen molar-refractivity contribution in [1.29, 1.82) is 0 Å². The van der Waals surface area contributed by atoms with E-state index in [-0.39, 0.29) is 28.5 Å². The normalized spacial score (nSPS) is 17.6. The lowest BCUT2D eigenvalue weighted by molar-refractivity contribution is -0.113. The Balaban J connectivity index is 2.12. The van der Waals surface area contributed by atoms with Crippen molar-refractivity contribution in [3.8, 4) is 11.5 Å². The monoisotopic (exact) mass is 391 g/mol. The maximum atomic E-state index is 12.8. The Morgan fingerprint density at radius 3 is 2.67 bits per heavy atom. The van der Waals surface area contributed by atoms with Gasteiger partial charge in [0.1, 0.15) is 5.82 Å². The predicted octanol–water partition coefficient (Wildman–Crippen LogP) is 3.33. The minimum absolute atomic E-state index is 0.0842. The highest BCUT2D eigenvalue weighted by molar-refractivity contribution is 8.00. The Morgan fingerprint density at radius 2 is 2.00 bits per heavy atom. The largest absolute Gasteiger partial charge is 0.493 e. The van der Waals surface area contributed by atoms with Crippen molar-refractivity contribution >= 4 is 23.5 Å². The van der Waals surface area contributed by atoms with Crippen LogP contribution in [0.25, 0.3) is 0 Å². The van der Waals surface area contributed by atoms with Gasteiger partial charge in [0, 0.05) is 6.04 Å². The van der Waals surface area contributed by atoms with E-state index in [9.17, 15) is 9.59 Å². The van der Waals surface area contributed by atoms with Crippen molar-refractivity contribution in [2.45, 2.75) is 38.0 Å². The third-order valence-corrected chi connectivity index (χ3v) is 5.99. The number of methoxy groups -OCH3 is 2. The first kappa shape index (κ1) is 19.4. The molecule has 0 unspecified atom stereocenters. The number of carbonyl (C=O) groups is 1. The maximum absolute atomic E-state index is 12.8. The van der Waals surface area contributed by atoms with Crippen molar-refractivity contribution in [2.75, 3.05) is 25.3 Å². The molecule has 1 aliphatic rings. The zero-order valence-corrected chi connectivity index (χ0v) is 16.8. The third-order valence-electron chi connectivity index (χ3n) is 4.72. The first-order valence-corrected chi connectivity index (χ1v) is 10.0. The Hall–Kier alpha value is -2.35. The average Bonchev–Trinajstić information content (AvgIpc) is 2.87. The number of hydrogen-bond acceptors (Lipinski definition) is 5. The van der Waals surface area contributed by atoms with E-state index in [0.717, 1.165) is 18.4 Å². The summed E-state index contributed by atoms with van der Waals surface area (Å²) in [6.07, 6.45) is 1.89. The molecule has 0 aliphatic carbocycles. The Kier molecular flexibility index (Phi) is 5.84. The van der Waals surface area contributed by atoms with Crippen molar-refractivity contribution in [2.24, 2.45) is 0 Å². The molecule has 2 heterocycles. The van der Waals surface area contributed by atoms with E-state index >= 15 is 0 Å². The summed E-state index contributed by atoms with van der Waals surface area (Å²) in [6, 6.07) is 5.67. The summed E-state index contributed by atoms with van der Waals surface area (Å²) in [4.78, 5) is 25.1. The van der Waals surface area contributed by atoms with E-state index in [1.165, 1.54) is 11.8 Å². The second kappa shape index (κ2) is 8.12. The topological polar surface area (TPSA) is 85.4 Å². The number of H-pyrrole nitrogens is 1. The van der Waals surface area contributed by atoms with E-state index in [1.807, 2.05) is 25.1 Å². The van der Waals surface area contributed by atoms with Crippen molar-refractivity contribution < 1.29 is 14.3 Å². The van der Waals surface area contributed by atoms with Gasteiger partial charge in [-0.15, -0.1) is 11.8 Å². The quantitative estimate of drug-likeness (QED) is 0.789. The highest BCUT2D eigenvalue weighted by Crippen LogP contribution is 2.42. The number of aromatic amines is 1. The lowest BCUT2D eigenvalue weighted by atomic mass is 10.1. The fourth-order valence-electron chi connectivity index (χ4n) is 3.40. The van der Waals surface area contributed by atoms with Crippen LogP contribution in [0, 0.1) is 0 Å². The van der Waals surface area contributed by atoms with Crippen LogP contribution in [0.3, 0.4) is 0 Å². The van der Waals surface area contributed by atoms with Crippen molar-refractivity contribution in [3.05, 3.63) is 39.7 Å². The summed E-state index contributed by atoms with van der Waals surface area (Å²) in [5.41, 5.74) is 1.28. The van der Waals surface area contributed by atoms with Crippen LogP contribution in [0.1, 0.15) is 49.1 Å². The van der Waals surface area contributed by atoms with Crippen LogP contribution in [0.5, 0.6) is 11.5 Å². The standard InChI is InChI=1S/C19H25N3O4S/c1-5-6-11(2)22-18-16(19(24)21-22)17(27-10-15(23)20-18)12-7-8-13(25-3)14(9-12)26-4/h7-9,11,17H,5-6,10H2,1-4H3,(H,20,23)(H,21,24)/t11-,17+/m0/s1. The van der Waals surface area contributed by atoms with Crippen LogP contribution in [-0.4, -0.2) is 35.7 Å². The Bertz CT molecular complexity index is 890. The predicted molar refractivity (Wildman–Crippen MR) is 107 cm³/mol. The van der Waals surface area contributed by atoms with Gasteiger partial charge in [-0.3, -0.25) is 19.4 Å². The van der Waals surface area contributed by atoms with Crippen LogP contribution in [0.4, 0.5) is 5.82 Å². The van der Waals surface area contributed by atoms with Crippen molar-refractivity contribution in [1.82, 2.24) is 9.78 Å². The molecule has 0 fully saturated rings. The molecule has 2 aromatic rings. The van der Waals surface area contributed by atoms with Gasteiger partial charge in [-0.05, 0) is 31.0 Å². The summed E-state index contributed by atoms with van der Waals surface area (Å²) in [6.45, 7) is 4.13. The van der Waals surface area contributed by atoms with Crippen LogP contribution < -0.4 is 20.3 Å². The molecule has 0 bridgehead atoms. The molecule has 0 saturated carbocycles. The highest BCUT2D eigenvalue weighted by Gasteiger charge is 2.31. The molecule has 1 amide bonds. The van der Waals surface area contributed by atoms with Gasteiger partial charge in [0.15, 0.2) is 11.5 Å². The van der Waals surface area contributed by atoms with E-state index < -0.39 is 0 Å². The van der Waals surface area contributed by atoms with Gasteiger partial charge in [-0.1, -0.05) is 19.4 Å². The minimum Gasteiger partial charge on any atom is -0.493 e. The van der Waals surface area contributed by atoms with E-state index in [1.54, 1.807) is 18.9 Å². The second-order valence-corrected chi connectivity index (χ2v) is 7.66. The van der Waals surface area contributed by atoms with E-state index in [4.69, 9.17) is 9.47 Å². The van der Waals surface area contributed by atoms with Crippen LogP contribution in [0.2, 0.25) is 0 Å². The Morgan fingerprint density at radius 1 is 1.26 bits per heavy atom. The number of carbonyl (C=O) groups excluding carboxylic acids is 1. The van der Waals surface area contributed by atoms with Gasteiger partial charge < -0.3 is 14.8 Å². The van der Waals surface area contributed by atoms with Gasteiger partial charge in [0.25, 0.3) is 5.56 Å². The van der Waals surface area contributed by atoms with Crippen molar-refractivity contribution in [3.63, 3.8) is 0 Å². The number of benzene rings is 1. The summed E-state index contributed by atoms with van der Waals surface area (Å²) < 4.78 is 12.5. The zero-order valence-electron chi connectivity index (χ0n) is 16.0. The fraction of sp³-hybridized carbons (Fsp3) is 0.474. The molecule has 1 aromatic heterocycles. The van der Waals surface area contributed by atoms with Gasteiger partial charge in [0.2, 0.25) is 5.91 Å². The van der Waals surface area contributed by atoms with Crippen LogP contribution in [-0.2, 0) is 4.79 Å². The molecule has 0 saturated heterocycles. The molecule has 2 atom stereocenters.